The predicted octanol–water partition coefficient (Wildman–Crippen LogP) is 2.37. The van der Waals surface area contributed by atoms with E-state index in [9.17, 15) is 8.42 Å². The number of hydrogen-bond acceptors (Lipinski definition) is 3. The van der Waals surface area contributed by atoms with Crippen LogP contribution in [0, 0.1) is 16.7 Å². The number of nitriles is 1. The van der Waals surface area contributed by atoms with E-state index in [2.05, 4.69) is 0 Å². The molecule has 98 valence electrons. The number of para-hydroxylation sites is 1. The molecule has 0 atom stereocenters. The largest absolute Gasteiger partial charge is 0.272 e. The summed E-state index contributed by atoms with van der Waals surface area (Å²) in [6, 6.07) is 8.69. The molecule has 18 heavy (non-hydrogen) atoms. The Balaban J connectivity index is 3.15. The van der Waals surface area contributed by atoms with Gasteiger partial charge in [-0.05, 0) is 17.5 Å². The lowest BCUT2D eigenvalue weighted by Crippen LogP contribution is -2.34. The topological polar surface area (TPSA) is 61.2 Å². The van der Waals surface area contributed by atoms with Crippen molar-refractivity contribution in [3.8, 4) is 6.07 Å². The number of rotatable bonds is 3. The van der Waals surface area contributed by atoms with E-state index < -0.39 is 10.0 Å². The number of anilines is 1. The van der Waals surface area contributed by atoms with Crippen LogP contribution in [0.3, 0.4) is 0 Å². The maximum Gasteiger partial charge on any atom is 0.235 e. The van der Waals surface area contributed by atoms with Gasteiger partial charge in [-0.1, -0.05) is 32.9 Å². The Kier molecular flexibility index (Phi) is 4.02. The van der Waals surface area contributed by atoms with E-state index in [-0.39, 0.29) is 11.2 Å². The zero-order valence-electron chi connectivity index (χ0n) is 11.1. The van der Waals surface area contributed by atoms with Crippen molar-refractivity contribution >= 4 is 15.7 Å². The van der Waals surface area contributed by atoms with Crippen molar-refractivity contribution in [1.82, 2.24) is 0 Å². The van der Waals surface area contributed by atoms with Crippen LogP contribution in [-0.4, -0.2) is 21.2 Å². The van der Waals surface area contributed by atoms with Crippen LogP contribution in [0.5, 0.6) is 0 Å². The van der Waals surface area contributed by atoms with Crippen LogP contribution in [0.15, 0.2) is 24.3 Å². The Labute approximate surface area is 109 Å². The molecule has 0 radical (unpaired) electrons. The highest BCUT2D eigenvalue weighted by Crippen LogP contribution is 2.25. The lowest BCUT2D eigenvalue weighted by molar-refractivity contribution is 0.461. The Bertz CT molecular complexity index is 565. The molecular formula is C13H18N2O2S. The quantitative estimate of drug-likeness (QED) is 0.843. The monoisotopic (exact) mass is 266 g/mol. The lowest BCUT2D eigenvalue weighted by atomic mass is 10.0. The summed E-state index contributed by atoms with van der Waals surface area (Å²) in [4.78, 5) is 0. The molecule has 0 fully saturated rings. The van der Waals surface area contributed by atoms with Gasteiger partial charge in [0, 0.05) is 7.05 Å². The fourth-order valence-electron chi connectivity index (χ4n) is 1.64. The molecule has 0 bridgehead atoms. The van der Waals surface area contributed by atoms with Crippen LogP contribution in [0.2, 0.25) is 0 Å². The van der Waals surface area contributed by atoms with Gasteiger partial charge in [0.1, 0.15) is 6.07 Å². The summed E-state index contributed by atoms with van der Waals surface area (Å²) in [5.41, 5.74) is 0.455. The number of benzene rings is 1. The molecule has 0 aliphatic heterocycles. The zero-order valence-corrected chi connectivity index (χ0v) is 12.0. The third-order valence-electron chi connectivity index (χ3n) is 2.40. The van der Waals surface area contributed by atoms with Crippen molar-refractivity contribution in [2.24, 2.45) is 5.41 Å². The highest BCUT2D eigenvalue weighted by Gasteiger charge is 2.26. The van der Waals surface area contributed by atoms with Gasteiger partial charge in [-0.3, -0.25) is 4.31 Å². The van der Waals surface area contributed by atoms with Crippen LogP contribution in [-0.2, 0) is 10.0 Å². The fraction of sp³-hybridized carbons (Fsp3) is 0.462. The first-order valence-corrected chi connectivity index (χ1v) is 7.24. The summed E-state index contributed by atoms with van der Waals surface area (Å²) in [6.45, 7) is 5.61. The van der Waals surface area contributed by atoms with Crippen molar-refractivity contribution in [1.29, 1.82) is 5.26 Å². The first-order valence-electron chi connectivity index (χ1n) is 5.63. The van der Waals surface area contributed by atoms with E-state index in [1.54, 1.807) is 24.3 Å². The number of sulfonamides is 1. The van der Waals surface area contributed by atoms with Gasteiger partial charge in [0.2, 0.25) is 10.0 Å². The Morgan fingerprint density at radius 1 is 1.28 bits per heavy atom. The molecule has 4 nitrogen and oxygen atoms in total. The van der Waals surface area contributed by atoms with Crippen LogP contribution in [0.25, 0.3) is 0 Å². The maximum absolute atomic E-state index is 12.2. The smallest absolute Gasteiger partial charge is 0.235 e. The summed E-state index contributed by atoms with van der Waals surface area (Å²) >= 11 is 0. The van der Waals surface area contributed by atoms with Crippen molar-refractivity contribution in [3.05, 3.63) is 29.8 Å². The van der Waals surface area contributed by atoms with Gasteiger partial charge in [0.25, 0.3) is 0 Å². The molecule has 0 amide bonds. The third kappa shape index (κ3) is 3.47. The second kappa shape index (κ2) is 4.99. The van der Waals surface area contributed by atoms with Gasteiger partial charge in [0.15, 0.2) is 0 Å². The number of nitrogens with zero attached hydrogens (tertiary/aromatic N) is 2. The molecule has 0 aromatic heterocycles. The van der Waals surface area contributed by atoms with E-state index in [1.165, 1.54) is 11.4 Å². The Morgan fingerprint density at radius 3 is 2.33 bits per heavy atom. The van der Waals surface area contributed by atoms with Gasteiger partial charge < -0.3 is 0 Å². The number of hydrogen-bond donors (Lipinski definition) is 0. The standard InChI is InChI=1S/C13H18N2O2S/c1-13(2,3)10-18(16,17)15(4)12-8-6-5-7-11(12)9-14/h5-8H,10H2,1-4H3. The van der Waals surface area contributed by atoms with Crippen LogP contribution >= 0.6 is 0 Å². The first-order chi connectivity index (χ1) is 8.17. The minimum atomic E-state index is -3.42. The second-order valence-corrected chi connectivity index (χ2v) is 7.41. The Morgan fingerprint density at radius 2 is 1.83 bits per heavy atom. The van der Waals surface area contributed by atoms with Gasteiger partial charge in [0.05, 0.1) is 17.0 Å². The van der Waals surface area contributed by atoms with E-state index in [0.717, 1.165) is 0 Å². The second-order valence-electron chi connectivity index (χ2n) is 5.41. The predicted molar refractivity (Wildman–Crippen MR) is 72.8 cm³/mol. The molecule has 0 heterocycles. The van der Waals surface area contributed by atoms with Crippen molar-refractivity contribution in [3.63, 3.8) is 0 Å². The van der Waals surface area contributed by atoms with E-state index in [0.29, 0.717) is 11.3 Å². The molecule has 0 N–H and O–H groups in total. The van der Waals surface area contributed by atoms with E-state index in [1.807, 2.05) is 26.8 Å². The molecule has 5 heteroatoms. The van der Waals surface area contributed by atoms with Gasteiger partial charge in [-0.2, -0.15) is 5.26 Å². The van der Waals surface area contributed by atoms with E-state index in [4.69, 9.17) is 5.26 Å². The van der Waals surface area contributed by atoms with Crippen molar-refractivity contribution in [2.45, 2.75) is 20.8 Å². The maximum atomic E-state index is 12.2. The summed E-state index contributed by atoms with van der Waals surface area (Å²) < 4.78 is 25.7. The van der Waals surface area contributed by atoms with Crippen LogP contribution in [0.4, 0.5) is 5.69 Å². The molecule has 1 aromatic rings. The highest BCUT2D eigenvalue weighted by atomic mass is 32.2. The minimum absolute atomic E-state index is 0.0380. The van der Waals surface area contributed by atoms with E-state index >= 15 is 0 Å². The minimum Gasteiger partial charge on any atom is -0.272 e. The molecule has 0 saturated carbocycles. The molecular weight excluding hydrogens is 248 g/mol. The highest BCUT2D eigenvalue weighted by molar-refractivity contribution is 7.92. The van der Waals surface area contributed by atoms with Gasteiger partial charge in [-0.15, -0.1) is 0 Å². The molecule has 0 aliphatic carbocycles. The summed E-state index contributed by atoms with van der Waals surface area (Å²) in [7, 11) is -1.94. The van der Waals surface area contributed by atoms with Gasteiger partial charge >= 0.3 is 0 Å². The Hall–Kier alpha value is -1.54. The third-order valence-corrected chi connectivity index (χ3v) is 4.66. The molecule has 0 unspecified atom stereocenters. The average molecular weight is 266 g/mol. The van der Waals surface area contributed by atoms with Gasteiger partial charge in [-0.25, -0.2) is 8.42 Å². The summed E-state index contributed by atoms with van der Waals surface area (Å²) in [5.74, 6) is 0.0380. The molecule has 1 aromatic carbocycles. The SMILES string of the molecule is CN(c1ccccc1C#N)S(=O)(=O)CC(C)(C)C. The fourth-order valence-corrected chi connectivity index (χ4v) is 3.38. The molecule has 0 aliphatic rings. The van der Waals surface area contributed by atoms with Crippen molar-refractivity contribution in [2.75, 3.05) is 17.1 Å². The molecule has 0 saturated heterocycles. The zero-order chi connectivity index (χ0) is 14.0. The van der Waals surface area contributed by atoms with Crippen LogP contribution < -0.4 is 4.31 Å². The summed E-state index contributed by atoms with van der Waals surface area (Å²) in [6.07, 6.45) is 0. The van der Waals surface area contributed by atoms with Crippen molar-refractivity contribution < 1.29 is 8.42 Å². The summed E-state index contributed by atoms with van der Waals surface area (Å²) in [5, 5.41) is 8.99. The average Bonchev–Trinajstić information content (AvgIpc) is 2.24. The lowest BCUT2D eigenvalue weighted by Gasteiger charge is -2.25. The first kappa shape index (κ1) is 14.5. The normalized spacial score (nSPS) is 11.9. The molecule has 1 rings (SSSR count). The molecule has 0 spiro atoms. The van der Waals surface area contributed by atoms with Crippen LogP contribution in [0.1, 0.15) is 26.3 Å².